The van der Waals surface area contributed by atoms with Crippen molar-refractivity contribution >= 4 is 27.4 Å². The molecule has 3 nitrogen and oxygen atoms in total. The van der Waals surface area contributed by atoms with E-state index in [2.05, 4.69) is 15.9 Å². The zero-order valence-corrected chi connectivity index (χ0v) is 8.05. The standard InChI is InChI=1S/C8H8BrNO2/c1-4(11)6-2-5(9)3-7(12)8(6)10/h2-3,12H,10H2,1H3. The van der Waals surface area contributed by atoms with Crippen LogP contribution < -0.4 is 5.73 Å². The first-order valence-electron chi connectivity index (χ1n) is 3.31. The number of carbonyl (C=O) groups is 1. The molecule has 1 aromatic rings. The monoisotopic (exact) mass is 229 g/mol. The van der Waals surface area contributed by atoms with Crippen LogP contribution in [0.15, 0.2) is 16.6 Å². The largest absolute Gasteiger partial charge is 0.506 e. The molecular weight excluding hydrogens is 222 g/mol. The van der Waals surface area contributed by atoms with Crippen molar-refractivity contribution in [1.82, 2.24) is 0 Å². The van der Waals surface area contributed by atoms with E-state index in [-0.39, 0.29) is 17.2 Å². The van der Waals surface area contributed by atoms with Crippen LogP contribution in [0.3, 0.4) is 0 Å². The molecule has 0 heterocycles. The van der Waals surface area contributed by atoms with Gasteiger partial charge in [0.1, 0.15) is 5.75 Å². The number of nitrogen functional groups attached to an aromatic ring is 1. The third kappa shape index (κ3) is 1.58. The van der Waals surface area contributed by atoms with Gasteiger partial charge >= 0.3 is 0 Å². The Bertz CT molecular complexity index is 336. The summed E-state index contributed by atoms with van der Waals surface area (Å²) in [4.78, 5) is 11.0. The van der Waals surface area contributed by atoms with Crippen LogP contribution in [0.4, 0.5) is 5.69 Å². The first kappa shape index (κ1) is 9.06. The fourth-order valence-corrected chi connectivity index (χ4v) is 1.34. The average molecular weight is 230 g/mol. The SMILES string of the molecule is CC(=O)c1cc(Br)cc(O)c1N. The molecule has 0 bridgehead atoms. The van der Waals surface area contributed by atoms with Crippen LogP contribution in [0.25, 0.3) is 0 Å². The summed E-state index contributed by atoms with van der Waals surface area (Å²) in [5.74, 6) is -0.237. The zero-order valence-electron chi connectivity index (χ0n) is 6.47. The van der Waals surface area contributed by atoms with Gasteiger partial charge in [-0.1, -0.05) is 15.9 Å². The predicted octanol–water partition coefficient (Wildman–Crippen LogP) is 1.94. The number of aromatic hydroxyl groups is 1. The Balaban J connectivity index is 3.37. The van der Waals surface area contributed by atoms with Gasteiger partial charge in [0.2, 0.25) is 0 Å². The van der Waals surface area contributed by atoms with Crippen molar-refractivity contribution in [1.29, 1.82) is 0 Å². The Labute approximate surface area is 78.3 Å². The number of benzene rings is 1. The molecule has 0 aliphatic rings. The highest BCUT2D eigenvalue weighted by Gasteiger charge is 2.09. The number of nitrogens with two attached hydrogens (primary N) is 1. The van der Waals surface area contributed by atoms with E-state index in [9.17, 15) is 9.90 Å². The second kappa shape index (κ2) is 3.15. The van der Waals surface area contributed by atoms with E-state index >= 15 is 0 Å². The molecule has 64 valence electrons. The molecule has 0 aromatic heterocycles. The van der Waals surface area contributed by atoms with Crippen molar-refractivity contribution in [2.75, 3.05) is 5.73 Å². The summed E-state index contributed by atoms with van der Waals surface area (Å²) in [5.41, 5.74) is 5.93. The van der Waals surface area contributed by atoms with Gasteiger partial charge in [0.25, 0.3) is 0 Å². The minimum Gasteiger partial charge on any atom is -0.506 e. The van der Waals surface area contributed by atoms with Crippen LogP contribution in [0.5, 0.6) is 5.75 Å². The van der Waals surface area contributed by atoms with Crippen molar-refractivity contribution < 1.29 is 9.90 Å². The fraction of sp³-hybridized carbons (Fsp3) is 0.125. The lowest BCUT2D eigenvalue weighted by molar-refractivity contribution is 0.101. The minimum absolute atomic E-state index is 0.0745. The van der Waals surface area contributed by atoms with Gasteiger partial charge < -0.3 is 10.8 Å². The number of phenols is 1. The van der Waals surface area contributed by atoms with Crippen molar-refractivity contribution in [2.45, 2.75) is 6.92 Å². The maximum absolute atomic E-state index is 11.0. The molecule has 0 radical (unpaired) electrons. The number of halogens is 1. The summed E-state index contributed by atoms with van der Waals surface area (Å²) in [6.45, 7) is 1.40. The van der Waals surface area contributed by atoms with Gasteiger partial charge in [-0.3, -0.25) is 4.79 Å². The van der Waals surface area contributed by atoms with Gasteiger partial charge in [0.05, 0.1) is 5.69 Å². The molecule has 0 unspecified atom stereocenters. The molecule has 0 aliphatic carbocycles. The average Bonchev–Trinajstić information content (AvgIpc) is 1.96. The number of Topliss-reactive ketones (excluding diaryl/α,β-unsaturated/α-hetero) is 1. The van der Waals surface area contributed by atoms with Gasteiger partial charge in [-0.2, -0.15) is 0 Å². The van der Waals surface area contributed by atoms with Crippen LogP contribution in [-0.4, -0.2) is 10.9 Å². The molecule has 0 spiro atoms. The molecule has 1 rings (SSSR count). The summed E-state index contributed by atoms with van der Waals surface area (Å²) < 4.78 is 0.638. The third-order valence-electron chi connectivity index (χ3n) is 1.50. The van der Waals surface area contributed by atoms with E-state index in [0.29, 0.717) is 10.0 Å². The number of hydrogen-bond acceptors (Lipinski definition) is 3. The Morgan fingerprint density at radius 3 is 2.67 bits per heavy atom. The van der Waals surface area contributed by atoms with Gasteiger partial charge in [-0.25, -0.2) is 0 Å². The van der Waals surface area contributed by atoms with E-state index < -0.39 is 0 Å². The molecule has 1 aromatic carbocycles. The summed E-state index contributed by atoms with van der Waals surface area (Å²) in [7, 11) is 0. The fourth-order valence-electron chi connectivity index (χ4n) is 0.895. The van der Waals surface area contributed by atoms with Gasteiger partial charge in [-0.15, -0.1) is 0 Å². The van der Waals surface area contributed by atoms with E-state index in [4.69, 9.17) is 5.73 Å². The Kier molecular flexibility index (Phi) is 2.38. The van der Waals surface area contributed by atoms with Crippen LogP contribution in [0.2, 0.25) is 0 Å². The number of anilines is 1. The highest BCUT2D eigenvalue weighted by molar-refractivity contribution is 9.10. The first-order valence-corrected chi connectivity index (χ1v) is 4.10. The highest BCUT2D eigenvalue weighted by Crippen LogP contribution is 2.28. The van der Waals surface area contributed by atoms with Crippen molar-refractivity contribution in [3.8, 4) is 5.75 Å². The first-order chi connectivity index (χ1) is 5.52. The molecule has 3 N–H and O–H groups in total. The molecule has 12 heavy (non-hydrogen) atoms. The maximum atomic E-state index is 11.0. The summed E-state index contributed by atoms with van der Waals surface area (Å²) in [6.07, 6.45) is 0. The van der Waals surface area contributed by atoms with Gasteiger partial charge in [0, 0.05) is 10.0 Å². The molecule has 4 heteroatoms. The van der Waals surface area contributed by atoms with Crippen LogP contribution in [-0.2, 0) is 0 Å². The Hall–Kier alpha value is -1.03. The second-order valence-corrected chi connectivity index (χ2v) is 3.36. The third-order valence-corrected chi connectivity index (χ3v) is 1.96. The smallest absolute Gasteiger partial charge is 0.162 e. The quantitative estimate of drug-likeness (QED) is 0.440. The van der Waals surface area contributed by atoms with E-state index in [1.54, 1.807) is 6.07 Å². The lowest BCUT2D eigenvalue weighted by atomic mass is 10.1. The molecular formula is C8H8BrNO2. The Morgan fingerprint density at radius 2 is 2.17 bits per heavy atom. The molecule has 0 saturated carbocycles. The van der Waals surface area contributed by atoms with E-state index in [0.717, 1.165) is 0 Å². The zero-order chi connectivity index (χ0) is 9.30. The van der Waals surface area contributed by atoms with Crippen LogP contribution >= 0.6 is 15.9 Å². The lowest BCUT2D eigenvalue weighted by Gasteiger charge is -2.04. The minimum atomic E-state index is -0.163. The highest BCUT2D eigenvalue weighted by atomic mass is 79.9. The Morgan fingerprint density at radius 1 is 1.58 bits per heavy atom. The molecule has 0 amide bonds. The van der Waals surface area contributed by atoms with Gasteiger partial charge in [-0.05, 0) is 19.1 Å². The predicted molar refractivity (Wildman–Crippen MR) is 50.2 cm³/mol. The number of hydrogen-bond donors (Lipinski definition) is 2. The van der Waals surface area contributed by atoms with Crippen molar-refractivity contribution in [3.63, 3.8) is 0 Å². The number of phenolic OH excluding ortho intramolecular Hbond substituents is 1. The van der Waals surface area contributed by atoms with Gasteiger partial charge in [0.15, 0.2) is 5.78 Å². The van der Waals surface area contributed by atoms with Crippen LogP contribution in [0.1, 0.15) is 17.3 Å². The normalized spacial score (nSPS) is 9.83. The van der Waals surface area contributed by atoms with E-state index in [1.165, 1.54) is 13.0 Å². The second-order valence-electron chi connectivity index (χ2n) is 2.44. The summed E-state index contributed by atoms with van der Waals surface area (Å²) >= 11 is 3.15. The summed E-state index contributed by atoms with van der Waals surface area (Å²) in [6, 6.07) is 3.03. The lowest BCUT2D eigenvalue weighted by Crippen LogP contribution is -1.99. The van der Waals surface area contributed by atoms with E-state index in [1.807, 2.05) is 0 Å². The van der Waals surface area contributed by atoms with Crippen LogP contribution in [0, 0.1) is 0 Å². The van der Waals surface area contributed by atoms with Crippen molar-refractivity contribution in [3.05, 3.63) is 22.2 Å². The van der Waals surface area contributed by atoms with Crippen molar-refractivity contribution in [2.24, 2.45) is 0 Å². The molecule has 0 aliphatic heterocycles. The topological polar surface area (TPSA) is 63.3 Å². The number of rotatable bonds is 1. The number of carbonyl (C=O) groups excluding carboxylic acids is 1. The molecule has 0 atom stereocenters. The molecule has 0 fully saturated rings. The molecule has 0 saturated heterocycles. The summed E-state index contributed by atoms with van der Waals surface area (Å²) in [5, 5.41) is 9.22. The maximum Gasteiger partial charge on any atom is 0.162 e. The number of ketones is 1.